The summed E-state index contributed by atoms with van der Waals surface area (Å²) in [7, 11) is 3.24. The first-order valence-corrected chi connectivity index (χ1v) is 8.47. The number of hydrogen-bond donors (Lipinski definition) is 2. The van der Waals surface area contributed by atoms with Gasteiger partial charge in [-0.15, -0.1) is 0 Å². The lowest BCUT2D eigenvalue weighted by Crippen LogP contribution is -2.22. The van der Waals surface area contributed by atoms with Crippen LogP contribution < -0.4 is 10.6 Å². The van der Waals surface area contributed by atoms with E-state index in [1.165, 1.54) is 4.90 Å². The summed E-state index contributed by atoms with van der Waals surface area (Å²) in [5, 5.41) is 9.81. The van der Waals surface area contributed by atoms with E-state index in [9.17, 15) is 18.0 Å². The summed E-state index contributed by atoms with van der Waals surface area (Å²) >= 11 is 0. The fourth-order valence-corrected chi connectivity index (χ4v) is 2.49. The molecule has 1 amide bonds. The Kier molecular flexibility index (Phi) is 4.94. The second kappa shape index (κ2) is 7.05. The normalized spacial score (nSPS) is 14.1. The Morgan fingerprint density at radius 1 is 1.37 bits per heavy atom. The van der Waals surface area contributed by atoms with Crippen LogP contribution in [0, 0.1) is 0 Å². The summed E-state index contributed by atoms with van der Waals surface area (Å²) in [5.74, 6) is -0.113. The number of carbonyl (C=O) groups is 1. The molecule has 0 atom stereocenters. The smallest absolute Gasteiger partial charge is 0.370 e. The van der Waals surface area contributed by atoms with Gasteiger partial charge in [-0.25, -0.2) is 9.67 Å². The molecule has 11 heteroatoms. The van der Waals surface area contributed by atoms with Gasteiger partial charge in [0.2, 0.25) is 5.95 Å². The molecule has 8 nitrogen and oxygen atoms in total. The number of carbonyl (C=O) groups excluding carboxylic acids is 1. The van der Waals surface area contributed by atoms with E-state index < -0.39 is 11.7 Å². The van der Waals surface area contributed by atoms with Gasteiger partial charge < -0.3 is 15.5 Å². The van der Waals surface area contributed by atoms with Crippen LogP contribution in [0.4, 0.5) is 30.8 Å². The van der Waals surface area contributed by atoms with E-state index in [2.05, 4.69) is 25.7 Å². The Morgan fingerprint density at radius 2 is 2.07 bits per heavy atom. The van der Waals surface area contributed by atoms with Crippen molar-refractivity contribution in [2.24, 2.45) is 0 Å². The van der Waals surface area contributed by atoms with E-state index in [0.29, 0.717) is 5.82 Å². The van der Waals surface area contributed by atoms with Crippen molar-refractivity contribution in [3.05, 3.63) is 23.5 Å². The molecule has 1 fully saturated rings. The molecule has 2 N–H and O–H groups in total. The summed E-state index contributed by atoms with van der Waals surface area (Å²) in [5.41, 5.74) is -0.692. The molecule has 1 aliphatic carbocycles. The van der Waals surface area contributed by atoms with Crippen molar-refractivity contribution < 1.29 is 18.0 Å². The highest BCUT2D eigenvalue weighted by Crippen LogP contribution is 2.38. The van der Waals surface area contributed by atoms with Crippen LogP contribution in [-0.2, 0) is 6.18 Å². The summed E-state index contributed by atoms with van der Waals surface area (Å²) in [4.78, 5) is 21.3. The van der Waals surface area contributed by atoms with Crippen molar-refractivity contribution in [1.29, 1.82) is 0 Å². The van der Waals surface area contributed by atoms with E-state index in [4.69, 9.17) is 0 Å². The summed E-state index contributed by atoms with van der Waals surface area (Å²) in [6.45, 7) is 1.96. The van der Waals surface area contributed by atoms with E-state index in [0.717, 1.165) is 19.0 Å². The van der Waals surface area contributed by atoms with Crippen molar-refractivity contribution in [3.8, 4) is 0 Å². The third-order valence-corrected chi connectivity index (χ3v) is 3.93. The predicted octanol–water partition coefficient (Wildman–Crippen LogP) is 2.90. The predicted molar refractivity (Wildman–Crippen MR) is 93.0 cm³/mol. The second-order valence-electron chi connectivity index (χ2n) is 6.40. The number of amides is 1. The van der Waals surface area contributed by atoms with Gasteiger partial charge in [0.25, 0.3) is 5.91 Å². The molecule has 1 saturated carbocycles. The maximum Gasteiger partial charge on any atom is 0.421 e. The SMILES string of the molecule is CCNc1nc(Nc2cc(C(=O)N(C)C)nn2C2CC2)ncc1C(F)(F)F. The number of nitrogens with zero attached hydrogens (tertiary/aromatic N) is 5. The van der Waals surface area contributed by atoms with Crippen LogP contribution in [0.15, 0.2) is 12.3 Å². The highest BCUT2D eigenvalue weighted by molar-refractivity contribution is 5.92. The van der Waals surface area contributed by atoms with Crippen LogP contribution in [0.25, 0.3) is 0 Å². The molecule has 0 radical (unpaired) electrons. The molecule has 3 rings (SSSR count). The highest BCUT2D eigenvalue weighted by atomic mass is 19.4. The first-order valence-electron chi connectivity index (χ1n) is 8.47. The van der Waals surface area contributed by atoms with E-state index in [-0.39, 0.29) is 36.0 Å². The third kappa shape index (κ3) is 4.12. The van der Waals surface area contributed by atoms with Crippen molar-refractivity contribution in [1.82, 2.24) is 24.6 Å². The number of anilines is 3. The van der Waals surface area contributed by atoms with Crippen molar-refractivity contribution in [2.75, 3.05) is 31.3 Å². The maximum atomic E-state index is 13.1. The minimum atomic E-state index is -4.56. The van der Waals surface area contributed by atoms with Crippen LogP contribution >= 0.6 is 0 Å². The van der Waals surface area contributed by atoms with Crippen molar-refractivity contribution >= 4 is 23.5 Å². The molecule has 0 unspecified atom stereocenters. The quantitative estimate of drug-likeness (QED) is 0.798. The largest absolute Gasteiger partial charge is 0.421 e. The minimum Gasteiger partial charge on any atom is -0.370 e. The van der Waals surface area contributed by atoms with Gasteiger partial charge in [-0.1, -0.05) is 0 Å². The molecular weight excluding hydrogens is 363 g/mol. The Labute approximate surface area is 153 Å². The number of aromatic nitrogens is 4. The van der Waals surface area contributed by atoms with Crippen LogP contribution in [0.5, 0.6) is 0 Å². The summed E-state index contributed by atoms with van der Waals surface area (Å²) < 4.78 is 40.9. The van der Waals surface area contributed by atoms with Gasteiger partial charge in [0, 0.05) is 32.9 Å². The minimum absolute atomic E-state index is 0.00963. The van der Waals surface area contributed by atoms with Gasteiger partial charge in [0.1, 0.15) is 17.2 Å². The van der Waals surface area contributed by atoms with Gasteiger partial charge >= 0.3 is 6.18 Å². The second-order valence-corrected chi connectivity index (χ2v) is 6.40. The first kappa shape index (κ1) is 18.9. The van der Waals surface area contributed by atoms with E-state index >= 15 is 0 Å². The summed E-state index contributed by atoms with van der Waals surface area (Å²) in [6.07, 6.45) is -1.99. The molecule has 2 aromatic heterocycles. The van der Waals surface area contributed by atoms with Gasteiger partial charge in [-0.2, -0.15) is 23.3 Å². The van der Waals surface area contributed by atoms with Crippen LogP contribution in [0.2, 0.25) is 0 Å². The lowest BCUT2D eigenvalue weighted by Gasteiger charge is -2.14. The Bertz CT molecular complexity index is 843. The number of alkyl halides is 3. The van der Waals surface area contributed by atoms with Gasteiger partial charge in [-0.3, -0.25) is 4.79 Å². The lowest BCUT2D eigenvalue weighted by molar-refractivity contribution is -0.137. The van der Waals surface area contributed by atoms with Crippen molar-refractivity contribution in [2.45, 2.75) is 32.0 Å². The number of rotatable bonds is 6. The molecule has 146 valence electrons. The number of nitrogens with one attached hydrogen (secondary N) is 2. The van der Waals surface area contributed by atoms with Crippen LogP contribution in [0.3, 0.4) is 0 Å². The molecule has 0 saturated heterocycles. The zero-order valence-corrected chi connectivity index (χ0v) is 15.1. The Morgan fingerprint density at radius 3 is 2.63 bits per heavy atom. The zero-order chi connectivity index (χ0) is 19.8. The highest BCUT2D eigenvalue weighted by Gasteiger charge is 2.35. The maximum absolute atomic E-state index is 13.1. The standard InChI is InChI=1S/C16H20F3N7O/c1-4-20-13-10(16(17,18)19)8-21-15(23-13)22-12-7-11(14(27)25(2)3)24-26(12)9-5-6-9/h7-9H,4-6H2,1-3H3,(H2,20,21,22,23). The molecule has 0 bridgehead atoms. The van der Waals surface area contributed by atoms with Gasteiger partial charge in [0.05, 0.1) is 6.04 Å². The number of hydrogen-bond acceptors (Lipinski definition) is 6. The Balaban J connectivity index is 1.93. The Hall–Kier alpha value is -2.85. The van der Waals surface area contributed by atoms with Gasteiger partial charge in [-0.05, 0) is 19.8 Å². The monoisotopic (exact) mass is 383 g/mol. The average Bonchev–Trinajstić information content (AvgIpc) is 3.34. The number of halogens is 3. The molecule has 0 aromatic carbocycles. The van der Waals surface area contributed by atoms with E-state index in [1.54, 1.807) is 31.8 Å². The topological polar surface area (TPSA) is 88.0 Å². The fraction of sp³-hybridized carbons (Fsp3) is 0.500. The molecule has 2 aromatic rings. The van der Waals surface area contributed by atoms with Crippen LogP contribution in [0.1, 0.15) is 41.9 Å². The first-order chi connectivity index (χ1) is 12.7. The zero-order valence-electron chi connectivity index (χ0n) is 15.1. The molecule has 0 aliphatic heterocycles. The van der Waals surface area contributed by atoms with Gasteiger partial charge in [0.15, 0.2) is 5.69 Å². The van der Waals surface area contributed by atoms with Crippen LogP contribution in [-0.4, -0.2) is 51.2 Å². The molecule has 1 aliphatic rings. The third-order valence-electron chi connectivity index (χ3n) is 3.93. The molecule has 0 spiro atoms. The fourth-order valence-electron chi connectivity index (χ4n) is 2.49. The van der Waals surface area contributed by atoms with Crippen molar-refractivity contribution in [3.63, 3.8) is 0 Å². The lowest BCUT2D eigenvalue weighted by atomic mass is 10.3. The molecule has 2 heterocycles. The van der Waals surface area contributed by atoms with E-state index in [1.807, 2.05) is 0 Å². The summed E-state index contributed by atoms with van der Waals surface area (Å²) in [6, 6.07) is 1.70. The average molecular weight is 383 g/mol. The molecular formula is C16H20F3N7O. The molecule has 27 heavy (non-hydrogen) atoms.